The number of aromatic amines is 1. The number of rotatable bonds is 4. The SMILES string of the molecule is COC[C@H]1CN(C(=O)Cc2c[nH]c3cc(F)ccc23)CC(C)(C)O1. The van der Waals surface area contributed by atoms with Gasteiger partial charge in [0.1, 0.15) is 5.82 Å². The number of methoxy groups -OCH3 is 1. The summed E-state index contributed by atoms with van der Waals surface area (Å²) in [6.45, 7) is 5.48. The number of halogens is 1. The molecule has 1 aliphatic rings. The quantitative estimate of drug-likeness (QED) is 0.935. The fourth-order valence-electron chi connectivity index (χ4n) is 3.34. The van der Waals surface area contributed by atoms with E-state index in [-0.39, 0.29) is 24.2 Å². The van der Waals surface area contributed by atoms with Gasteiger partial charge in [-0.05, 0) is 37.6 Å². The summed E-state index contributed by atoms with van der Waals surface area (Å²) in [5, 5.41) is 0.880. The summed E-state index contributed by atoms with van der Waals surface area (Å²) >= 11 is 0. The number of fused-ring (bicyclic) bond motifs is 1. The van der Waals surface area contributed by atoms with Crippen molar-refractivity contribution in [3.63, 3.8) is 0 Å². The molecule has 1 aliphatic heterocycles. The molecule has 1 aromatic carbocycles. The van der Waals surface area contributed by atoms with Crippen LogP contribution in [0.15, 0.2) is 24.4 Å². The largest absolute Gasteiger partial charge is 0.382 e. The van der Waals surface area contributed by atoms with Gasteiger partial charge in [0.05, 0.1) is 24.7 Å². The lowest BCUT2D eigenvalue weighted by atomic mass is 10.0. The number of nitrogens with zero attached hydrogens (tertiary/aromatic N) is 1. The fraction of sp³-hybridized carbons (Fsp3) is 0.500. The number of H-pyrrole nitrogens is 1. The number of ether oxygens (including phenoxy) is 2. The molecule has 1 saturated heterocycles. The average Bonchev–Trinajstić information content (AvgIpc) is 2.88. The summed E-state index contributed by atoms with van der Waals surface area (Å²) in [5.41, 5.74) is 1.18. The Balaban J connectivity index is 1.75. The number of morpholine rings is 1. The van der Waals surface area contributed by atoms with Gasteiger partial charge in [0.15, 0.2) is 0 Å². The van der Waals surface area contributed by atoms with Crippen molar-refractivity contribution < 1.29 is 18.7 Å². The summed E-state index contributed by atoms with van der Waals surface area (Å²) < 4.78 is 24.4. The molecule has 1 atom stereocenters. The lowest BCUT2D eigenvalue weighted by Gasteiger charge is -2.42. The number of hydrogen-bond acceptors (Lipinski definition) is 3. The molecular formula is C18H23FN2O3. The van der Waals surface area contributed by atoms with E-state index < -0.39 is 5.60 Å². The molecule has 1 N–H and O–H groups in total. The van der Waals surface area contributed by atoms with Crippen molar-refractivity contribution in [2.75, 3.05) is 26.8 Å². The van der Waals surface area contributed by atoms with Crippen molar-refractivity contribution >= 4 is 16.8 Å². The van der Waals surface area contributed by atoms with Crippen molar-refractivity contribution in [1.82, 2.24) is 9.88 Å². The van der Waals surface area contributed by atoms with Crippen LogP contribution in [0, 0.1) is 5.82 Å². The van der Waals surface area contributed by atoms with Crippen LogP contribution in [0.1, 0.15) is 19.4 Å². The molecule has 1 fully saturated rings. The molecule has 6 heteroatoms. The van der Waals surface area contributed by atoms with Gasteiger partial charge in [0.2, 0.25) is 5.91 Å². The van der Waals surface area contributed by atoms with Crippen molar-refractivity contribution in [2.24, 2.45) is 0 Å². The smallest absolute Gasteiger partial charge is 0.227 e. The van der Waals surface area contributed by atoms with E-state index in [9.17, 15) is 9.18 Å². The number of amides is 1. The van der Waals surface area contributed by atoms with Gasteiger partial charge in [-0.3, -0.25) is 4.79 Å². The number of hydrogen-bond donors (Lipinski definition) is 1. The van der Waals surface area contributed by atoms with Crippen LogP contribution in [0.5, 0.6) is 0 Å². The normalized spacial score (nSPS) is 20.5. The van der Waals surface area contributed by atoms with Gasteiger partial charge in [-0.1, -0.05) is 0 Å². The van der Waals surface area contributed by atoms with Crippen LogP contribution in [-0.4, -0.2) is 54.3 Å². The summed E-state index contributed by atoms with van der Waals surface area (Å²) in [5.74, 6) is -0.253. The minimum Gasteiger partial charge on any atom is -0.382 e. The minimum atomic E-state index is -0.402. The maximum Gasteiger partial charge on any atom is 0.227 e. The van der Waals surface area contributed by atoms with Gasteiger partial charge in [0, 0.05) is 37.3 Å². The predicted octanol–water partition coefficient (Wildman–Crippen LogP) is 2.50. The number of carbonyl (C=O) groups excluding carboxylic acids is 1. The Labute approximate surface area is 140 Å². The fourth-order valence-corrected chi connectivity index (χ4v) is 3.34. The zero-order valence-corrected chi connectivity index (χ0v) is 14.3. The predicted molar refractivity (Wildman–Crippen MR) is 89.4 cm³/mol. The Morgan fingerprint density at radius 2 is 2.29 bits per heavy atom. The van der Waals surface area contributed by atoms with Gasteiger partial charge < -0.3 is 19.4 Å². The lowest BCUT2D eigenvalue weighted by Crippen LogP contribution is -2.56. The molecule has 1 aromatic heterocycles. The Morgan fingerprint density at radius 1 is 1.50 bits per heavy atom. The highest BCUT2D eigenvalue weighted by Gasteiger charge is 2.35. The molecule has 0 radical (unpaired) electrons. The monoisotopic (exact) mass is 334 g/mol. The molecule has 5 nitrogen and oxygen atoms in total. The number of nitrogens with one attached hydrogen (secondary N) is 1. The summed E-state index contributed by atoms with van der Waals surface area (Å²) in [7, 11) is 1.63. The van der Waals surface area contributed by atoms with E-state index in [1.54, 1.807) is 19.4 Å². The molecule has 24 heavy (non-hydrogen) atoms. The van der Waals surface area contributed by atoms with E-state index >= 15 is 0 Å². The summed E-state index contributed by atoms with van der Waals surface area (Å²) in [6, 6.07) is 4.56. The van der Waals surface area contributed by atoms with Gasteiger partial charge in [0.25, 0.3) is 0 Å². The van der Waals surface area contributed by atoms with Gasteiger partial charge in [-0.15, -0.1) is 0 Å². The van der Waals surface area contributed by atoms with E-state index in [2.05, 4.69) is 4.98 Å². The highest BCUT2D eigenvalue weighted by atomic mass is 19.1. The first-order valence-electron chi connectivity index (χ1n) is 8.08. The molecule has 0 unspecified atom stereocenters. The maximum absolute atomic E-state index is 13.3. The third kappa shape index (κ3) is 3.60. The van der Waals surface area contributed by atoms with Crippen molar-refractivity contribution in [3.05, 3.63) is 35.8 Å². The molecule has 130 valence electrons. The van der Waals surface area contributed by atoms with Gasteiger partial charge in [-0.25, -0.2) is 4.39 Å². The second-order valence-electron chi connectivity index (χ2n) is 6.91. The van der Waals surface area contributed by atoms with Crippen LogP contribution >= 0.6 is 0 Å². The Kier molecular flexibility index (Phi) is 4.60. The van der Waals surface area contributed by atoms with Gasteiger partial charge in [-0.2, -0.15) is 0 Å². The summed E-state index contributed by atoms with van der Waals surface area (Å²) in [6.07, 6.45) is 1.93. The first-order chi connectivity index (χ1) is 11.4. The first-order valence-corrected chi connectivity index (χ1v) is 8.08. The third-order valence-electron chi connectivity index (χ3n) is 4.26. The van der Waals surface area contributed by atoms with Crippen molar-refractivity contribution in [2.45, 2.75) is 32.0 Å². The Bertz CT molecular complexity index is 741. The van der Waals surface area contributed by atoms with E-state index in [1.165, 1.54) is 12.1 Å². The summed E-state index contributed by atoms with van der Waals surface area (Å²) in [4.78, 5) is 17.6. The second kappa shape index (κ2) is 6.53. The highest BCUT2D eigenvalue weighted by molar-refractivity contribution is 5.89. The molecule has 0 aliphatic carbocycles. The van der Waals surface area contributed by atoms with Crippen LogP contribution in [0.4, 0.5) is 4.39 Å². The van der Waals surface area contributed by atoms with E-state index in [0.29, 0.717) is 25.2 Å². The number of aromatic nitrogens is 1. The van der Waals surface area contributed by atoms with Crippen LogP contribution in [0.3, 0.4) is 0 Å². The van der Waals surface area contributed by atoms with E-state index in [0.717, 1.165) is 10.9 Å². The Hall–Kier alpha value is -1.92. The lowest BCUT2D eigenvalue weighted by molar-refractivity contribution is -0.168. The molecule has 1 amide bonds. The second-order valence-corrected chi connectivity index (χ2v) is 6.91. The number of benzene rings is 1. The van der Waals surface area contributed by atoms with Gasteiger partial charge >= 0.3 is 0 Å². The molecule has 2 aromatic rings. The number of carbonyl (C=O) groups is 1. The van der Waals surface area contributed by atoms with Crippen molar-refractivity contribution in [3.8, 4) is 0 Å². The average molecular weight is 334 g/mol. The first kappa shape index (κ1) is 16.9. The molecular weight excluding hydrogens is 311 g/mol. The minimum absolute atomic E-state index is 0.0395. The van der Waals surface area contributed by atoms with Crippen LogP contribution in [-0.2, 0) is 20.7 Å². The molecule has 3 rings (SSSR count). The van der Waals surface area contributed by atoms with Crippen LogP contribution in [0.2, 0.25) is 0 Å². The standard InChI is InChI=1S/C18H23FN2O3/c1-18(2)11-21(9-14(24-18)10-23-3)17(22)6-12-8-20-16-7-13(19)4-5-15(12)16/h4-5,7-8,14,20H,6,9-11H2,1-3H3/t14-/m1/s1. The zero-order valence-electron chi connectivity index (χ0n) is 14.3. The molecule has 0 spiro atoms. The zero-order chi connectivity index (χ0) is 17.3. The highest BCUT2D eigenvalue weighted by Crippen LogP contribution is 2.24. The van der Waals surface area contributed by atoms with Crippen LogP contribution in [0.25, 0.3) is 10.9 Å². The van der Waals surface area contributed by atoms with E-state index in [4.69, 9.17) is 9.47 Å². The maximum atomic E-state index is 13.3. The third-order valence-corrected chi connectivity index (χ3v) is 4.26. The molecule has 0 saturated carbocycles. The van der Waals surface area contributed by atoms with Crippen molar-refractivity contribution in [1.29, 1.82) is 0 Å². The topological polar surface area (TPSA) is 54.6 Å². The van der Waals surface area contributed by atoms with Crippen LogP contribution < -0.4 is 0 Å². The molecule has 2 heterocycles. The molecule has 0 bridgehead atoms. The Morgan fingerprint density at radius 3 is 3.04 bits per heavy atom. The van der Waals surface area contributed by atoms with E-state index in [1.807, 2.05) is 18.7 Å².